The third kappa shape index (κ3) is 2.94. The molecule has 0 saturated carbocycles. The zero-order chi connectivity index (χ0) is 17.4. The van der Waals surface area contributed by atoms with E-state index in [4.69, 9.17) is 0 Å². The fraction of sp³-hybridized carbons (Fsp3) is 0.105. The molecule has 0 bridgehead atoms. The van der Waals surface area contributed by atoms with Crippen LogP contribution in [0.15, 0.2) is 52.6 Å². The van der Waals surface area contributed by atoms with Crippen LogP contribution in [0.4, 0.5) is 0 Å². The Morgan fingerprint density at radius 1 is 1.16 bits per heavy atom. The lowest BCUT2D eigenvalue weighted by molar-refractivity contribution is 0.0994. The van der Waals surface area contributed by atoms with E-state index in [1.807, 2.05) is 48.7 Å². The molecule has 4 nitrogen and oxygen atoms in total. The number of nitrogens with zero attached hydrogens (tertiary/aromatic N) is 1. The molecule has 3 heterocycles. The molecule has 25 heavy (non-hydrogen) atoms. The molecule has 0 spiro atoms. The summed E-state index contributed by atoms with van der Waals surface area (Å²) in [6.45, 7) is 1.94. The minimum atomic E-state index is -0.185. The van der Waals surface area contributed by atoms with E-state index in [1.165, 1.54) is 22.7 Å². The summed E-state index contributed by atoms with van der Waals surface area (Å²) in [5, 5.41) is 2.47. The lowest BCUT2D eigenvalue weighted by Crippen LogP contribution is -2.14. The van der Waals surface area contributed by atoms with E-state index >= 15 is 0 Å². The third-order valence-corrected chi connectivity index (χ3v) is 6.16. The topological polar surface area (TPSA) is 62.8 Å². The van der Waals surface area contributed by atoms with Crippen molar-refractivity contribution < 1.29 is 4.79 Å². The first-order valence-corrected chi connectivity index (χ1v) is 9.47. The number of H-pyrrole nitrogens is 1. The second-order valence-corrected chi connectivity index (χ2v) is 7.64. The molecule has 0 unspecified atom stereocenters. The van der Waals surface area contributed by atoms with Crippen LogP contribution in [-0.4, -0.2) is 15.8 Å². The van der Waals surface area contributed by atoms with Crippen LogP contribution in [-0.2, 0) is 6.42 Å². The van der Waals surface area contributed by atoms with Crippen molar-refractivity contribution in [2.75, 3.05) is 0 Å². The number of hydrogen-bond donors (Lipinski definition) is 1. The maximum Gasteiger partial charge on any atom is 0.259 e. The fourth-order valence-corrected chi connectivity index (χ4v) is 4.68. The number of benzene rings is 1. The molecular weight excluding hydrogens is 352 g/mol. The number of ketones is 1. The Bertz CT molecular complexity index is 1110. The predicted molar refractivity (Wildman–Crippen MR) is 103 cm³/mol. The number of hydrogen-bond acceptors (Lipinski definition) is 5. The highest BCUT2D eigenvalue weighted by molar-refractivity contribution is 7.22. The quantitative estimate of drug-likeness (QED) is 0.543. The number of thiophene rings is 2. The molecule has 0 saturated heterocycles. The first-order valence-electron chi connectivity index (χ1n) is 7.78. The maximum absolute atomic E-state index is 12.5. The summed E-state index contributed by atoms with van der Waals surface area (Å²) in [7, 11) is 0. The number of carbonyl (C=O) groups is 1. The monoisotopic (exact) mass is 366 g/mol. The third-order valence-electron chi connectivity index (χ3n) is 4.01. The average molecular weight is 366 g/mol. The van der Waals surface area contributed by atoms with Gasteiger partial charge in [0, 0.05) is 4.88 Å². The Morgan fingerprint density at radius 2 is 1.96 bits per heavy atom. The van der Waals surface area contributed by atoms with Crippen molar-refractivity contribution in [1.82, 2.24) is 9.97 Å². The molecule has 0 aliphatic rings. The number of carbonyl (C=O) groups excluding carboxylic acids is 1. The number of aryl methyl sites for hydroxylation is 1. The van der Waals surface area contributed by atoms with Gasteiger partial charge in [-0.25, -0.2) is 4.98 Å². The van der Waals surface area contributed by atoms with Gasteiger partial charge in [-0.05, 0) is 29.5 Å². The summed E-state index contributed by atoms with van der Waals surface area (Å²) < 4.78 is 0. The van der Waals surface area contributed by atoms with Gasteiger partial charge in [-0.15, -0.1) is 22.7 Å². The number of rotatable bonds is 4. The van der Waals surface area contributed by atoms with Crippen LogP contribution in [0.1, 0.15) is 21.1 Å². The van der Waals surface area contributed by atoms with Crippen molar-refractivity contribution in [2.45, 2.75) is 13.3 Å². The number of Topliss-reactive ketones (excluding diaryl/α,β-unsaturated/α-hetero) is 1. The number of aromatic nitrogens is 2. The molecule has 3 aromatic heterocycles. The minimum absolute atomic E-state index is 0.0333. The Kier molecular flexibility index (Phi) is 4.07. The Labute approximate surface area is 151 Å². The first-order chi connectivity index (χ1) is 12.1. The number of aromatic amines is 1. The summed E-state index contributed by atoms with van der Waals surface area (Å²) in [5.41, 5.74) is 1.81. The molecule has 0 amide bonds. The normalized spacial score (nSPS) is 11.1. The van der Waals surface area contributed by atoms with Gasteiger partial charge in [-0.2, -0.15) is 0 Å². The van der Waals surface area contributed by atoms with Crippen molar-refractivity contribution in [1.29, 1.82) is 0 Å². The SMILES string of the molecule is Cc1c(-c2ccccc2)sc2nc(CC(=O)c3cccs3)[nH]c(=O)c12. The van der Waals surface area contributed by atoms with Gasteiger partial charge in [0.05, 0.1) is 16.7 Å². The lowest BCUT2D eigenvalue weighted by atomic mass is 10.1. The maximum atomic E-state index is 12.5. The van der Waals surface area contributed by atoms with Crippen LogP contribution in [0.3, 0.4) is 0 Å². The highest BCUT2D eigenvalue weighted by atomic mass is 32.1. The van der Waals surface area contributed by atoms with E-state index in [2.05, 4.69) is 9.97 Å². The van der Waals surface area contributed by atoms with Gasteiger partial charge in [0.2, 0.25) is 0 Å². The predicted octanol–water partition coefficient (Wildman–Crippen LogP) is 4.45. The summed E-state index contributed by atoms with van der Waals surface area (Å²) in [6, 6.07) is 13.6. The van der Waals surface area contributed by atoms with Gasteiger partial charge in [0.1, 0.15) is 10.7 Å². The lowest BCUT2D eigenvalue weighted by Gasteiger charge is -2.00. The van der Waals surface area contributed by atoms with Crippen molar-refractivity contribution in [2.24, 2.45) is 0 Å². The van der Waals surface area contributed by atoms with Crippen LogP contribution in [0.2, 0.25) is 0 Å². The molecule has 1 aromatic carbocycles. The van der Waals surface area contributed by atoms with Crippen LogP contribution >= 0.6 is 22.7 Å². The van der Waals surface area contributed by atoms with Crippen LogP contribution in [0, 0.1) is 6.92 Å². The molecule has 0 fully saturated rings. The molecule has 4 rings (SSSR count). The minimum Gasteiger partial charge on any atom is -0.310 e. The van der Waals surface area contributed by atoms with E-state index in [0.717, 1.165) is 16.0 Å². The number of nitrogens with one attached hydrogen (secondary N) is 1. The Hall–Kier alpha value is -2.57. The standard InChI is InChI=1S/C19H14N2O2S2/c1-11-16-18(23)20-15(10-13(22)14-8-5-9-24-14)21-19(16)25-17(11)12-6-3-2-4-7-12/h2-9H,10H2,1H3,(H,20,21,23). The van der Waals surface area contributed by atoms with Crippen LogP contribution < -0.4 is 5.56 Å². The molecule has 0 atom stereocenters. The molecule has 0 aliphatic carbocycles. The van der Waals surface area contributed by atoms with E-state index in [1.54, 1.807) is 6.07 Å². The molecular formula is C19H14N2O2S2. The van der Waals surface area contributed by atoms with E-state index in [-0.39, 0.29) is 17.8 Å². The smallest absolute Gasteiger partial charge is 0.259 e. The van der Waals surface area contributed by atoms with Gasteiger partial charge < -0.3 is 4.98 Å². The van der Waals surface area contributed by atoms with Crippen molar-refractivity contribution >= 4 is 38.7 Å². The van der Waals surface area contributed by atoms with Gasteiger partial charge in [-0.3, -0.25) is 9.59 Å². The molecule has 124 valence electrons. The summed E-state index contributed by atoms with van der Waals surface area (Å²) in [5.74, 6) is 0.380. The molecule has 4 aromatic rings. The number of fused-ring (bicyclic) bond motifs is 1. The van der Waals surface area contributed by atoms with Crippen LogP contribution in [0.25, 0.3) is 20.7 Å². The average Bonchev–Trinajstić information content (AvgIpc) is 3.24. The molecule has 0 radical (unpaired) electrons. The fourth-order valence-electron chi connectivity index (χ4n) is 2.81. The molecule has 6 heteroatoms. The highest BCUT2D eigenvalue weighted by Gasteiger charge is 2.17. The Morgan fingerprint density at radius 3 is 2.68 bits per heavy atom. The first kappa shape index (κ1) is 15.9. The largest absolute Gasteiger partial charge is 0.310 e. The van der Waals surface area contributed by atoms with Gasteiger partial charge in [0.25, 0.3) is 5.56 Å². The Balaban J connectivity index is 1.77. The summed E-state index contributed by atoms with van der Waals surface area (Å²) >= 11 is 2.89. The zero-order valence-corrected chi connectivity index (χ0v) is 15.0. The second-order valence-electron chi connectivity index (χ2n) is 5.69. The molecule has 0 aliphatic heterocycles. The van der Waals surface area contributed by atoms with Gasteiger partial charge >= 0.3 is 0 Å². The summed E-state index contributed by atoms with van der Waals surface area (Å²) in [4.78, 5) is 34.5. The van der Waals surface area contributed by atoms with Crippen LogP contribution in [0.5, 0.6) is 0 Å². The van der Waals surface area contributed by atoms with E-state index < -0.39 is 0 Å². The van der Waals surface area contributed by atoms with E-state index in [0.29, 0.717) is 20.9 Å². The summed E-state index contributed by atoms with van der Waals surface area (Å²) in [6.07, 6.45) is 0.101. The molecule has 1 N–H and O–H groups in total. The zero-order valence-electron chi connectivity index (χ0n) is 13.4. The second kappa shape index (κ2) is 6.38. The van der Waals surface area contributed by atoms with E-state index in [9.17, 15) is 9.59 Å². The van der Waals surface area contributed by atoms with Crippen molar-refractivity contribution in [3.05, 3.63) is 74.5 Å². The van der Waals surface area contributed by atoms with Crippen molar-refractivity contribution in [3.8, 4) is 10.4 Å². The van der Waals surface area contributed by atoms with Crippen molar-refractivity contribution in [3.63, 3.8) is 0 Å². The van der Waals surface area contributed by atoms with Gasteiger partial charge in [0.15, 0.2) is 5.78 Å². The van der Waals surface area contributed by atoms with Gasteiger partial charge in [-0.1, -0.05) is 36.4 Å². The highest BCUT2D eigenvalue weighted by Crippen LogP contribution is 2.35.